The first-order chi connectivity index (χ1) is 19.2. The van der Waals surface area contributed by atoms with Crippen LogP contribution < -0.4 is 0 Å². The van der Waals surface area contributed by atoms with Crippen LogP contribution in [0.2, 0.25) is 0 Å². The highest BCUT2D eigenvalue weighted by molar-refractivity contribution is 7.85. The van der Waals surface area contributed by atoms with Gasteiger partial charge in [-0.1, -0.05) is 94.7 Å². The van der Waals surface area contributed by atoms with E-state index in [-0.39, 0.29) is 44.4 Å². The summed E-state index contributed by atoms with van der Waals surface area (Å²) >= 11 is 0. The van der Waals surface area contributed by atoms with Gasteiger partial charge in [-0.25, -0.2) is 0 Å². The minimum Gasteiger partial charge on any atom is -0.379 e. The van der Waals surface area contributed by atoms with Gasteiger partial charge >= 0.3 is 0 Å². The maximum Gasteiger partial charge on any atom is 0.294 e. The third-order valence-corrected chi connectivity index (χ3v) is 11.6. The van der Waals surface area contributed by atoms with E-state index in [2.05, 4.69) is 69.2 Å². The van der Waals surface area contributed by atoms with Gasteiger partial charge in [0.2, 0.25) is 0 Å². The van der Waals surface area contributed by atoms with Crippen molar-refractivity contribution in [3.8, 4) is 0 Å². The van der Waals surface area contributed by atoms with Crippen LogP contribution in [0, 0.1) is 27.6 Å². The van der Waals surface area contributed by atoms with Crippen molar-refractivity contribution in [2.24, 2.45) is 27.6 Å². The predicted molar refractivity (Wildman–Crippen MR) is 178 cm³/mol. The highest BCUT2D eigenvalue weighted by Crippen LogP contribution is 2.56. The molecule has 0 aliphatic carbocycles. The Morgan fingerprint density at radius 1 is 0.837 bits per heavy atom. The number of carbonyl (C=O) groups excluding carboxylic acids is 1. The molecule has 0 aromatic heterocycles. The average Bonchev–Trinajstić information content (AvgIpc) is 2.88. The first-order valence-electron chi connectivity index (χ1n) is 16.0. The normalized spacial score (nSPS) is 16.9. The molecule has 6 nitrogen and oxygen atoms in total. The largest absolute Gasteiger partial charge is 0.379 e. The highest BCUT2D eigenvalue weighted by atomic mass is 32.2. The predicted octanol–water partition coefficient (Wildman–Crippen LogP) is 9.52. The molecular formula is C36H64O6S. The van der Waals surface area contributed by atoms with Crippen LogP contribution in [0.25, 0.3) is 0 Å². The summed E-state index contributed by atoms with van der Waals surface area (Å²) in [5, 5.41) is 0. The molecular weight excluding hydrogens is 560 g/mol. The monoisotopic (exact) mass is 624 g/mol. The SMILES string of the molecule is CCC(C)(OCCC(C)(C)OC)C(=O)C(CC(C)(C)C)C(C)(C)C(C)(C)CC(c1ccc(S(=O)(=O)O)cc1)C(C)(C)CC. The Bertz CT molecular complexity index is 1160. The van der Waals surface area contributed by atoms with Crippen molar-refractivity contribution in [2.45, 2.75) is 151 Å². The Labute approximate surface area is 264 Å². The molecule has 43 heavy (non-hydrogen) atoms. The van der Waals surface area contributed by atoms with Crippen molar-refractivity contribution in [1.29, 1.82) is 0 Å². The molecule has 3 atom stereocenters. The molecule has 1 N–H and O–H groups in total. The van der Waals surface area contributed by atoms with Gasteiger partial charge in [0.05, 0.1) is 17.1 Å². The van der Waals surface area contributed by atoms with Gasteiger partial charge in [-0.05, 0) is 91.7 Å². The van der Waals surface area contributed by atoms with Gasteiger partial charge in [-0.15, -0.1) is 0 Å². The molecule has 250 valence electrons. The molecule has 0 saturated carbocycles. The van der Waals surface area contributed by atoms with Gasteiger partial charge in [-0.3, -0.25) is 9.35 Å². The Hall–Kier alpha value is -1.28. The molecule has 0 spiro atoms. The Kier molecular flexibility index (Phi) is 12.9. The minimum atomic E-state index is -4.27. The van der Waals surface area contributed by atoms with Crippen molar-refractivity contribution in [2.75, 3.05) is 13.7 Å². The smallest absolute Gasteiger partial charge is 0.294 e. The van der Waals surface area contributed by atoms with Crippen LogP contribution >= 0.6 is 0 Å². The van der Waals surface area contributed by atoms with Gasteiger partial charge in [0, 0.05) is 13.0 Å². The molecule has 1 aromatic rings. The van der Waals surface area contributed by atoms with E-state index in [1.165, 1.54) is 12.1 Å². The van der Waals surface area contributed by atoms with Crippen LogP contribution in [0.15, 0.2) is 29.2 Å². The van der Waals surface area contributed by atoms with Crippen LogP contribution in [0.5, 0.6) is 0 Å². The number of hydrogen-bond acceptors (Lipinski definition) is 5. The maximum atomic E-state index is 14.7. The van der Waals surface area contributed by atoms with E-state index in [1.54, 1.807) is 7.11 Å². The zero-order chi connectivity index (χ0) is 33.9. The Morgan fingerprint density at radius 2 is 1.35 bits per heavy atom. The summed E-state index contributed by atoms with van der Waals surface area (Å²) < 4.78 is 45.0. The van der Waals surface area contributed by atoms with E-state index in [1.807, 2.05) is 39.8 Å². The molecule has 0 heterocycles. The van der Waals surface area contributed by atoms with Crippen LogP contribution in [0.1, 0.15) is 141 Å². The lowest BCUT2D eigenvalue weighted by molar-refractivity contribution is -0.159. The van der Waals surface area contributed by atoms with Crippen molar-refractivity contribution in [3.63, 3.8) is 0 Å². The lowest BCUT2D eigenvalue weighted by Gasteiger charge is -2.52. The van der Waals surface area contributed by atoms with E-state index < -0.39 is 21.1 Å². The molecule has 0 saturated heterocycles. The second kappa shape index (κ2) is 14.0. The van der Waals surface area contributed by atoms with E-state index in [0.29, 0.717) is 19.4 Å². The average molecular weight is 625 g/mol. The molecule has 3 unspecified atom stereocenters. The van der Waals surface area contributed by atoms with Gasteiger partial charge in [-0.2, -0.15) is 8.42 Å². The maximum absolute atomic E-state index is 14.7. The van der Waals surface area contributed by atoms with Crippen LogP contribution in [0.4, 0.5) is 0 Å². The summed E-state index contributed by atoms with van der Waals surface area (Å²) in [6.07, 6.45) is 3.73. The second-order valence-electron chi connectivity index (χ2n) is 16.6. The Morgan fingerprint density at radius 3 is 1.74 bits per heavy atom. The summed E-state index contributed by atoms with van der Waals surface area (Å²) in [6.45, 7) is 30.8. The van der Waals surface area contributed by atoms with Crippen molar-refractivity contribution < 1.29 is 27.2 Å². The summed E-state index contributed by atoms with van der Waals surface area (Å²) in [6, 6.07) is 6.63. The summed E-state index contributed by atoms with van der Waals surface area (Å²) in [7, 11) is -2.57. The first-order valence-corrected chi connectivity index (χ1v) is 17.4. The summed E-state index contributed by atoms with van der Waals surface area (Å²) in [5.74, 6) is -0.00472. The number of methoxy groups -OCH3 is 1. The number of hydrogen-bond donors (Lipinski definition) is 1. The van der Waals surface area contributed by atoms with Gasteiger partial charge in [0.1, 0.15) is 5.60 Å². The fourth-order valence-corrected chi connectivity index (χ4v) is 6.32. The zero-order valence-corrected chi connectivity index (χ0v) is 30.9. The van der Waals surface area contributed by atoms with Gasteiger partial charge in [0.25, 0.3) is 10.1 Å². The van der Waals surface area contributed by atoms with E-state index in [9.17, 15) is 17.8 Å². The topological polar surface area (TPSA) is 89.9 Å². The zero-order valence-electron chi connectivity index (χ0n) is 30.1. The fraction of sp³-hybridized carbons (Fsp3) is 0.806. The molecule has 0 fully saturated rings. The molecule has 0 aliphatic rings. The molecule has 1 rings (SSSR count). The van der Waals surface area contributed by atoms with Crippen molar-refractivity contribution in [1.82, 2.24) is 0 Å². The first kappa shape index (κ1) is 39.7. The molecule has 0 amide bonds. The number of rotatable bonds is 17. The number of Topliss-reactive ketones (excluding diaryl/α,β-unsaturated/α-hetero) is 1. The van der Waals surface area contributed by atoms with E-state index in [4.69, 9.17) is 9.47 Å². The molecule has 7 heteroatoms. The lowest BCUT2D eigenvalue weighted by atomic mass is 9.52. The summed E-state index contributed by atoms with van der Waals surface area (Å²) in [4.78, 5) is 14.6. The minimum absolute atomic E-state index is 0.0753. The number of carbonyl (C=O) groups is 1. The fourth-order valence-electron chi connectivity index (χ4n) is 5.84. The van der Waals surface area contributed by atoms with Crippen molar-refractivity contribution >= 4 is 15.9 Å². The third kappa shape index (κ3) is 10.4. The van der Waals surface area contributed by atoms with Crippen LogP contribution in [-0.2, 0) is 24.4 Å². The molecule has 0 radical (unpaired) electrons. The molecule has 0 bridgehead atoms. The molecule has 1 aromatic carbocycles. The highest BCUT2D eigenvalue weighted by Gasteiger charge is 2.52. The van der Waals surface area contributed by atoms with Crippen LogP contribution in [-0.4, -0.2) is 43.7 Å². The lowest BCUT2D eigenvalue weighted by Crippen LogP contribution is -2.52. The van der Waals surface area contributed by atoms with E-state index in [0.717, 1.165) is 24.8 Å². The molecule has 0 aliphatic heterocycles. The summed E-state index contributed by atoms with van der Waals surface area (Å²) in [5.41, 5.74) is -1.07. The van der Waals surface area contributed by atoms with Crippen LogP contribution in [0.3, 0.4) is 0 Å². The standard InChI is InChI=1S/C36H64O6S/c1-16-32(6,7)28(26-18-20-27(21-19-26)43(38,39)40)25-33(8,9)35(12,13)29(24-31(3,4)5)30(37)36(14,17-2)42-23-22-34(10,11)41-15/h18-21,28-29H,16-17,22-25H2,1-15H3,(H,38,39,40). The Balaban J connectivity index is 3.60. The number of ketones is 1. The van der Waals surface area contributed by atoms with E-state index >= 15 is 0 Å². The number of benzene rings is 1. The van der Waals surface area contributed by atoms with Crippen molar-refractivity contribution in [3.05, 3.63) is 29.8 Å². The third-order valence-electron chi connectivity index (χ3n) is 10.8. The van der Waals surface area contributed by atoms with Gasteiger partial charge in [0.15, 0.2) is 5.78 Å². The number of ether oxygens (including phenoxy) is 2. The quantitative estimate of drug-likeness (QED) is 0.174. The van der Waals surface area contributed by atoms with Gasteiger partial charge < -0.3 is 9.47 Å². The second-order valence-corrected chi connectivity index (χ2v) is 18.0.